The molecule has 0 unspecified atom stereocenters. The second kappa shape index (κ2) is 4.43. The summed E-state index contributed by atoms with van der Waals surface area (Å²) >= 11 is 6.28. The maximum absolute atomic E-state index is 10.1. The molecule has 100 valence electrons. The summed E-state index contributed by atoms with van der Waals surface area (Å²) in [6, 6.07) is 4.07. The van der Waals surface area contributed by atoms with Crippen LogP contribution in [0.25, 0.3) is 0 Å². The highest BCUT2D eigenvalue weighted by Crippen LogP contribution is 2.43. The molecule has 2 rings (SSSR count). The number of hydrogen-bond acceptors (Lipinski definition) is 2. The molecule has 18 heavy (non-hydrogen) atoms. The number of methoxy groups -OCH3 is 1. The van der Waals surface area contributed by atoms with Gasteiger partial charge in [0.25, 0.3) is 0 Å². The molecule has 0 saturated heterocycles. The van der Waals surface area contributed by atoms with E-state index in [0.29, 0.717) is 17.2 Å². The van der Waals surface area contributed by atoms with Crippen LogP contribution in [0.15, 0.2) is 12.1 Å². The van der Waals surface area contributed by atoms with Gasteiger partial charge in [0.1, 0.15) is 5.75 Å². The monoisotopic (exact) mass is 268 g/mol. The van der Waals surface area contributed by atoms with Gasteiger partial charge in [-0.15, -0.1) is 0 Å². The van der Waals surface area contributed by atoms with Gasteiger partial charge in [0.05, 0.1) is 17.7 Å². The molecule has 0 aliphatic heterocycles. The highest BCUT2D eigenvalue weighted by molar-refractivity contribution is 6.32. The average molecular weight is 269 g/mol. The van der Waals surface area contributed by atoms with E-state index in [9.17, 15) is 5.11 Å². The second-order valence-electron chi connectivity index (χ2n) is 6.30. The average Bonchev–Trinajstić information content (AvgIpc) is 2.94. The zero-order chi connectivity index (χ0) is 13.6. The Morgan fingerprint density at radius 2 is 1.94 bits per heavy atom. The first-order chi connectivity index (χ1) is 8.25. The van der Waals surface area contributed by atoms with Crippen molar-refractivity contribution in [2.75, 3.05) is 7.11 Å². The van der Waals surface area contributed by atoms with Crippen molar-refractivity contribution >= 4 is 11.6 Å². The Labute approximate surface area is 114 Å². The van der Waals surface area contributed by atoms with Gasteiger partial charge in [0.2, 0.25) is 0 Å². The zero-order valence-corrected chi connectivity index (χ0v) is 12.3. The molecule has 1 saturated carbocycles. The molecule has 0 bridgehead atoms. The van der Waals surface area contributed by atoms with Crippen molar-refractivity contribution < 1.29 is 9.84 Å². The Kier molecular flexibility index (Phi) is 3.37. The van der Waals surface area contributed by atoms with Gasteiger partial charge in [-0.3, -0.25) is 0 Å². The number of benzene rings is 1. The maximum Gasteiger partial charge on any atom is 0.140 e. The van der Waals surface area contributed by atoms with Crippen molar-refractivity contribution in [3.63, 3.8) is 0 Å². The maximum atomic E-state index is 10.1. The Balaban J connectivity index is 2.43. The molecule has 3 heteroatoms. The molecular formula is C15H21ClO2. The van der Waals surface area contributed by atoms with Gasteiger partial charge in [-0.2, -0.15) is 0 Å². The molecule has 1 fully saturated rings. The lowest BCUT2D eigenvalue weighted by Gasteiger charge is -2.23. The smallest absolute Gasteiger partial charge is 0.140 e. The van der Waals surface area contributed by atoms with E-state index in [2.05, 4.69) is 26.8 Å². The van der Waals surface area contributed by atoms with Gasteiger partial charge < -0.3 is 9.84 Å². The molecule has 0 aromatic heterocycles. The van der Waals surface area contributed by atoms with Crippen LogP contribution in [0.1, 0.15) is 44.7 Å². The van der Waals surface area contributed by atoms with Crippen LogP contribution in [-0.2, 0) is 11.8 Å². The Morgan fingerprint density at radius 1 is 1.33 bits per heavy atom. The van der Waals surface area contributed by atoms with E-state index in [0.717, 1.165) is 18.4 Å². The van der Waals surface area contributed by atoms with Gasteiger partial charge in [0.15, 0.2) is 0 Å². The van der Waals surface area contributed by atoms with Crippen LogP contribution < -0.4 is 4.74 Å². The number of hydrogen-bond donors (Lipinski definition) is 1. The van der Waals surface area contributed by atoms with E-state index < -0.39 is 5.60 Å². The van der Waals surface area contributed by atoms with Gasteiger partial charge >= 0.3 is 0 Å². The van der Waals surface area contributed by atoms with Crippen LogP contribution in [0, 0.1) is 0 Å². The number of aliphatic hydroxyl groups is 1. The molecule has 0 spiro atoms. The fourth-order valence-corrected chi connectivity index (χ4v) is 2.43. The molecule has 1 N–H and O–H groups in total. The van der Waals surface area contributed by atoms with E-state index in [1.54, 1.807) is 7.11 Å². The fourth-order valence-electron chi connectivity index (χ4n) is 2.12. The van der Waals surface area contributed by atoms with Crippen LogP contribution in [0.2, 0.25) is 5.02 Å². The van der Waals surface area contributed by atoms with Gasteiger partial charge in [-0.25, -0.2) is 0 Å². The molecule has 1 aliphatic rings. The first-order valence-corrected chi connectivity index (χ1v) is 6.72. The third kappa shape index (κ3) is 2.81. The summed E-state index contributed by atoms with van der Waals surface area (Å²) in [4.78, 5) is 0. The van der Waals surface area contributed by atoms with E-state index in [4.69, 9.17) is 16.3 Å². The zero-order valence-electron chi connectivity index (χ0n) is 11.5. The summed E-state index contributed by atoms with van der Waals surface area (Å²) in [5.74, 6) is 0.699. The summed E-state index contributed by atoms with van der Waals surface area (Å²) in [5, 5.41) is 10.7. The minimum Gasteiger partial charge on any atom is -0.495 e. The molecule has 1 aliphatic carbocycles. The Bertz CT molecular complexity index is 456. The number of halogens is 1. The molecule has 0 atom stereocenters. The Morgan fingerprint density at radius 3 is 2.39 bits per heavy atom. The van der Waals surface area contributed by atoms with Crippen LogP contribution in [-0.4, -0.2) is 17.8 Å². The van der Waals surface area contributed by atoms with Crippen molar-refractivity contribution in [2.45, 2.75) is 51.0 Å². The SMILES string of the molecule is COc1c(Cl)cc(C(C)(C)C)cc1CC1(O)CC1. The summed E-state index contributed by atoms with van der Waals surface area (Å²) in [5.41, 5.74) is 1.69. The van der Waals surface area contributed by atoms with Crippen molar-refractivity contribution in [3.05, 3.63) is 28.3 Å². The second-order valence-corrected chi connectivity index (χ2v) is 6.71. The van der Waals surface area contributed by atoms with E-state index in [1.165, 1.54) is 5.56 Å². The van der Waals surface area contributed by atoms with Crippen molar-refractivity contribution in [1.29, 1.82) is 0 Å². The summed E-state index contributed by atoms with van der Waals surface area (Å²) in [6.45, 7) is 6.46. The largest absolute Gasteiger partial charge is 0.495 e. The highest BCUT2D eigenvalue weighted by atomic mass is 35.5. The normalized spacial score (nSPS) is 17.7. The topological polar surface area (TPSA) is 29.5 Å². The molecule has 0 radical (unpaired) electrons. The standard InChI is InChI=1S/C15H21ClO2/c1-14(2,3)11-7-10(9-15(17)5-6-15)13(18-4)12(16)8-11/h7-8,17H,5-6,9H2,1-4H3. The van der Waals surface area contributed by atoms with Crippen molar-refractivity contribution in [3.8, 4) is 5.75 Å². The lowest BCUT2D eigenvalue weighted by molar-refractivity contribution is 0.150. The number of rotatable bonds is 3. The predicted molar refractivity (Wildman–Crippen MR) is 74.6 cm³/mol. The van der Waals surface area contributed by atoms with Crippen LogP contribution in [0.5, 0.6) is 5.75 Å². The fraction of sp³-hybridized carbons (Fsp3) is 0.600. The van der Waals surface area contributed by atoms with E-state index in [1.807, 2.05) is 6.07 Å². The van der Waals surface area contributed by atoms with Crippen molar-refractivity contribution in [2.24, 2.45) is 0 Å². The van der Waals surface area contributed by atoms with Crippen molar-refractivity contribution in [1.82, 2.24) is 0 Å². The first kappa shape index (κ1) is 13.7. The molecule has 2 nitrogen and oxygen atoms in total. The molecule has 1 aromatic rings. The summed E-state index contributed by atoms with van der Waals surface area (Å²) < 4.78 is 5.37. The van der Waals surface area contributed by atoms with Crippen LogP contribution >= 0.6 is 11.6 Å². The molecular weight excluding hydrogens is 248 g/mol. The lowest BCUT2D eigenvalue weighted by atomic mass is 9.85. The third-order valence-corrected chi connectivity index (χ3v) is 3.82. The molecule has 1 aromatic carbocycles. The summed E-state index contributed by atoms with van der Waals surface area (Å²) in [7, 11) is 1.62. The molecule has 0 heterocycles. The predicted octanol–water partition coefficient (Wildman–Crippen LogP) is 3.71. The van der Waals surface area contributed by atoms with E-state index in [-0.39, 0.29) is 5.41 Å². The minimum atomic E-state index is -0.535. The van der Waals surface area contributed by atoms with Gasteiger partial charge in [-0.1, -0.05) is 38.4 Å². The Hall–Kier alpha value is -0.730. The van der Waals surface area contributed by atoms with Crippen LogP contribution in [0.3, 0.4) is 0 Å². The van der Waals surface area contributed by atoms with Crippen LogP contribution in [0.4, 0.5) is 0 Å². The quantitative estimate of drug-likeness (QED) is 0.906. The van der Waals surface area contributed by atoms with Gasteiger partial charge in [-0.05, 0) is 35.4 Å². The third-order valence-electron chi connectivity index (χ3n) is 3.54. The highest BCUT2D eigenvalue weighted by Gasteiger charge is 2.41. The van der Waals surface area contributed by atoms with E-state index >= 15 is 0 Å². The summed E-state index contributed by atoms with van der Waals surface area (Å²) in [6.07, 6.45) is 2.36. The molecule has 0 amide bonds. The minimum absolute atomic E-state index is 0.0385. The van der Waals surface area contributed by atoms with Gasteiger partial charge in [0, 0.05) is 6.42 Å². The first-order valence-electron chi connectivity index (χ1n) is 6.34. The lowest BCUT2D eigenvalue weighted by Crippen LogP contribution is -2.15. The number of ether oxygens (including phenoxy) is 1.